The molecule has 1 fully saturated rings. The molecular formula is C15H23ClF2N2. The van der Waals surface area contributed by atoms with Crippen LogP contribution in [0.2, 0.25) is 0 Å². The van der Waals surface area contributed by atoms with Gasteiger partial charge in [0.15, 0.2) is 0 Å². The molecule has 1 atom stereocenters. The molecule has 0 bridgehead atoms. The molecule has 1 unspecified atom stereocenters. The molecule has 1 aliphatic heterocycles. The van der Waals surface area contributed by atoms with Gasteiger partial charge < -0.3 is 5.73 Å². The van der Waals surface area contributed by atoms with Crippen LogP contribution in [0.25, 0.3) is 0 Å². The van der Waals surface area contributed by atoms with Gasteiger partial charge in [-0.3, -0.25) is 4.90 Å². The van der Waals surface area contributed by atoms with Gasteiger partial charge in [0.05, 0.1) is 0 Å². The van der Waals surface area contributed by atoms with Crippen LogP contribution in [0.15, 0.2) is 24.3 Å². The molecule has 0 amide bonds. The van der Waals surface area contributed by atoms with E-state index in [0.717, 1.165) is 31.6 Å². The Morgan fingerprint density at radius 3 is 2.40 bits per heavy atom. The second kappa shape index (κ2) is 6.83. The predicted molar refractivity (Wildman–Crippen MR) is 80.3 cm³/mol. The summed E-state index contributed by atoms with van der Waals surface area (Å²) in [6.07, 6.45) is -1.40. The van der Waals surface area contributed by atoms with Crippen molar-refractivity contribution in [2.24, 2.45) is 11.1 Å². The molecule has 1 aromatic carbocycles. The van der Waals surface area contributed by atoms with Crippen LogP contribution in [0.1, 0.15) is 37.8 Å². The topological polar surface area (TPSA) is 29.3 Å². The van der Waals surface area contributed by atoms with E-state index in [2.05, 4.69) is 18.7 Å². The van der Waals surface area contributed by atoms with Crippen molar-refractivity contribution in [1.82, 2.24) is 4.90 Å². The second-order valence-corrected chi connectivity index (χ2v) is 6.14. The molecule has 0 spiro atoms. The summed E-state index contributed by atoms with van der Waals surface area (Å²) in [5.41, 5.74) is 7.39. The number of halogens is 3. The Labute approximate surface area is 125 Å². The largest absolute Gasteiger partial charge is 0.327 e. The average molecular weight is 305 g/mol. The molecule has 0 aromatic heterocycles. The van der Waals surface area contributed by atoms with Crippen LogP contribution in [0, 0.1) is 5.41 Å². The highest BCUT2D eigenvalue weighted by atomic mass is 35.5. The Morgan fingerprint density at radius 2 is 1.90 bits per heavy atom. The van der Waals surface area contributed by atoms with Gasteiger partial charge in [-0.05, 0) is 17.4 Å². The molecular weight excluding hydrogens is 282 g/mol. The van der Waals surface area contributed by atoms with E-state index in [1.54, 1.807) is 12.1 Å². The minimum absolute atomic E-state index is 0. The summed E-state index contributed by atoms with van der Waals surface area (Å²) in [6, 6.07) is 6.86. The fraction of sp³-hybridized carbons (Fsp3) is 0.600. The standard InChI is InChI=1S/C15H22F2N2.ClH/c1-15(2)10-19(8-7-13(15)18)9-11-3-5-12(6-4-11)14(16)17;/h3-6,13-14H,7-10,18H2,1-2H3;1H. The van der Waals surface area contributed by atoms with E-state index in [-0.39, 0.29) is 29.4 Å². The van der Waals surface area contributed by atoms with Crippen LogP contribution in [-0.4, -0.2) is 24.0 Å². The van der Waals surface area contributed by atoms with E-state index < -0.39 is 6.43 Å². The third-order valence-corrected chi connectivity index (χ3v) is 4.03. The fourth-order valence-electron chi connectivity index (χ4n) is 2.65. The number of hydrogen-bond donors (Lipinski definition) is 1. The Morgan fingerprint density at radius 1 is 1.30 bits per heavy atom. The van der Waals surface area contributed by atoms with Crippen LogP contribution in [-0.2, 0) is 6.54 Å². The molecule has 1 aromatic rings. The summed E-state index contributed by atoms with van der Waals surface area (Å²) in [7, 11) is 0. The van der Waals surface area contributed by atoms with Crippen LogP contribution < -0.4 is 5.73 Å². The molecule has 5 heteroatoms. The lowest BCUT2D eigenvalue weighted by Gasteiger charge is -2.42. The smallest absolute Gasteiger partial charge is 0.263 e. The molecule has 0 saturated carbocycles. The van der Waals surface area contributed by atoms with Gasteiger partial charge in [-0.25, -0.2) is 8.78 Å². The number of alkyl halides is 2. The zero-order valence-electron chi connectivity index (χ0n) is 12.0. The minimum atomic E-state index is -2.39. The van der Waals surface area contributed by atoms with Crippen molar-refractivity contribution in [1.29, 1.82) is 0 Å². The molecule has 20 heavy (non-hydrogen) atoms. The lowest BCUT2D eigenvalue weighted by Crippen LogP contribution is -2.52. The van der Waals surface area contributed by atoms with Gasteiger partial charge >= 0.3 is 0 Å². The molecule has 1 saturated heterocycles. The third-order valence-electron chi connectivity index (χ3n) is 4.03. The first kappa shape index (κ1) is 17.3. The Kier molecular flexibility index (Phi) is 5.92. The van der Waals surface area contributed by atoms with E-state index in [1.165, 1.54) is 12.1 Å². The number of piperidine rings is 1. The number of nitrogens with zero attached hydrogens (tertiary/aromatic N) is 1. The number of nitrogens with two attached hydrogens (primary N) is 1. The molecule has 0 aliphatic carbocycles. The van der Waals surface area contributed by atoms with Crippen molar-refractivity contribution in [3.05, 3.63) is 35.4 Å². The van der Waals surface area contributed by atoms with E-state index >= 15 is 0 Å². The zero-order valence-corrected chi connectivity index (χ0v) is 12.8. The van der Waals surface area contributed by atoms with Crippen LogP contribution >= 0.6 is 12.4 Å². The maximum atomic E-state index is 12.5. The highest BCUT2D eigenvalue weighted by Gasteiger charge is 2.33. The maximum Gasteiger partial charge on any atom is 0.263 e. The summed E-state index contributed by atoms with van der Waals surface area (Å²) in [6.45, 7) is 7.10. The van der Waals surface area contributed by atoms with Crippen molar-refractivity contribution in [2.75, 3.05) is 13.1 Å². The SMILES string of the molecule is CC1(C)CN(Cc2ccc(C(F)F)cc2)CCC1N.Cl. The second-order valence-electron chi connectivity index (χ2n) is 6.14. The highest BCUT2D eigenvalue weighted by Crippen LogP contribution is 2.28. The van der Waals surface area contributed by atoms with Gasteiger partial charge in [0, 0.05) is 31.2 Å². The van der Waals surface area contributed by atoms with Crippen LogP contribution in [0.4, 0.5) is 8.78 Å². The van der Waals surface area contributed by atoms with E-state index in [4.69, 9.17) is 5.73 Å². The van der Waals surface area contributed by atoms with E-state index in [0.29, 0.717) is 0 Å². The van der Waals surface area contributed by atoms with Crippen LogP contribution in [0.5, 0.6) is 0 Å². The lowest BCUT2D eigenvalue weighted by atomic mass is 9.79. The summed E-state index contributed by atoms with van der Waals surface area (Å²) >= 11 is 0. The summed E-state index contributed by atoms with van der Waals surface area (Å²) < 4.78 is 25.0. The minimum Gasteiger partial charge on any atom is -0.327 e. The van der Waals surface area contributed by atoms with Gasteiger partial charge in [-0.1, -0.05) is 38.1 Å². The molecule has 1 aliphatic rings. The van der Waals surface area contributed by atoms with E-state index in [1.807, 2.05) is 0 Å². The number of rotatable bonds is 3. The Hall–Kier alpha value is -0.710. The van der Waals surface area contributed by atoms with Gasteiger partial charge in [-0.2, -0.15) is 0 Å². The number of hydrogen-bond acceptors (Lipinski definition) is 2. The number of benzene rings is 1. The van der Waals surface area contributed by atoms with Crippen molar-refractivity contribution in [3.8, 4) is 0 Å². The molecule has 2 nitrogen and oxygen atoms in total. The normalized spacial score (nSPS) is 22.6. The fourth-order valence-corrected chi connectivity index (χ4v) is 2.65. The molecule has 1 heterocycles. The first-order valence-corrected chi connectivity index (χ1v) is 6.73. The zero-order chi connectivity index (χ0) is 14.0. The summed E-state index contributed by atoms with van der Waals surface area (Å²) in [5, 5.41) is 0. The summed E-state index contributed by atoms with van der Waals surface area (Å²) in [4.78, 5) is 2.35. The third kappa shape index (κ3) is 4.14. The molecule has 114 valence electrons. The van der Waals surface area contributed by atoms with Crippen molar-refractivity contribution in [2.45, 2.75) is 39.3 Å². The van der Waals surface area contributed by atoms with Crippen molar-refractivity contribution >= 4 is 12.4 Å². The van der Waals surface area contributed by atoms with Gasteiger partial charge in [-0.15, -0.1) is 12.4 Å². The number of likely N-dealkylation sites (tertiary alicyclic amines) is 1. The monoisotopic (exact) mass is 304 g/mol. The molecule has 2 N–H and O–H groups in total. The molecule has 2 rings (SSSR count). The highest BCUT2D eigenvalue weighted by molar-refractivity contribution is 5.85. The Balaban J connectivity index is 0.00000200. The quantitative estimate of drug-likeness (QED) is 0.924. The van der Waals surface area contributed by atoms with Crippen molar-refractivity contribution in [3.63, 3.8) is 0 Å². The maximum absolute atomic E-state index is 12.5. The molecule has 0 radical (unpaired) electrons. The van der Waals surface area contributed by atoms with Crippen LogP contribution in [0.3, 0.4) is 0 Å². The predicted octanol–water partition coefficient (Wildman–Crippen LogP) is 3.61. The first-order chi connectivity index (χ1) is 8.88. The van der Waals surface area contributed by atoms with Gasteiger partial charge in [0.1, 0.15) is 0 Å². The van der Waals surface area contributed by atoms with E-state index in [9.17, 15) is 8.78 Å². The summed E-state index contributed by atoms with van der Waals surface area (Å²) in [5.74, 6) is 0. The lowest BCUT2D eigenvalue weighted by molar-refractivity contribution is 0.0898. The Bertz CT molecular complexity index is 420. The van der Waals surface area contributed by atoms with Gasteiger partial charge in [0.2, 0.25) is 0 Å². The average Bonchev–Trinajstić information content (AvgIpc) is 2.34. The first-order valence-electron chi connectivity index (χ1n) is 6.73. The van der Waals surface area contributed by atoms with Gasteiger partial charge in [0.25, 0.3) is 6.43 Å². The van der Waals surface area contributed by atoms with Crippen molar-refractivity contribution < 1.29 is 8.78 Å².